The Hall–Kier alpha value is -3.11. The SMILES string of the molecule is C[C@H](CC=O)N(N)c1nc(Nc2ccc3scnc3c2)c(C(N)=O)cc1F. The average Bonchev–Trinajstić information content (AvgIpc) is 3.10. The van der Waals surface area contributed by atoms with Gasteiger partial charge in [0.2, 0.25) is 0 Å². The molecule has 5 N–H and O–H groups in total. The largest absolute Gasteiger partial charge is 0.365 e. The molecular weight excluding hydrogens is 371 g/mol. The molecule has 3 rings (SSSR count). The van der Waals surface area contributed by atoms with Crippen LogP contribution in [-0.2, 0) is 4.79 Å². The molecule has 0 saturated carbocycles. The third kappa shape index (κ3) is 3.86. The summed E-state index contributed by atoms with van der Waals surface area (Å²) in [4.78, 5) is 30.8. The second-order valence-corrected chi connectivity index (χ2v) is 6.76. The molecule has 10 heteroatoms. The lowest BCUT2D eigenvalue weighted by molar-refractivity contribution is -0.108. The molecule has 0 aliphatic carbocycles. The minimum atomic E-state index is -0.838. The summed E-state index contributed by atoms with van der Waals surface area (Å²) in [6, 6.07) is 5.91. The molecule has 0 radical (unpaired) electrons. The lowest BCUT2D eigenvalue weighted by atomic mass is 10.2. The number of hydrogen-bond acceptors (Lipinski definition) is 8. The number of aromatic nitrogens is 2. The number of carbonyl (C=O) groups is 2. The number of thiazole rings is 1. The fraction of sp³-hybridized carbons (Fsp3) is 0.176. The van der Waals surface area contributed by atoms with Gasteiger partial charge < -0.3 is 15.8 Å². The van der Waals surface area contributed by atoms with Crippen LogP contribution in [0.25, 0.3) is 10.2 Å². The maximum Gasteiger partial charge on any atom is 0.252 e. The highest BCUT2D eigenvalue weighted by molar-refractivity contribution is 7.16. The van der Waals surface area contributed by atoms with Gasteiger partial charge >= 0.3 is 0 Å². The second kappa shape index (κ2) is 7.64. The smallest absolute Gasteiger partial charge is 0.252 e. The number of hydrogen-bond donors (Lipinski definition) is 3. The van der Waals surface area contributed by atoms with Crippen molar-refractivity contribution in [3.8, 4) is 0 Å². The molecule has 1 amide bonds. The van der Waals surface area contributed by atoms with Gasteiger partial charge in [0.25, 0.3) is 5.91 Å². The highest BCUT2D eigenvalue weighted by atomic mass is 32.1. The number of nitrogens with two attached hydrogens (primary N) is 2. The molecule has 2 heterocycles. The fourth-order valence-corrected chi connectivity index (χ4v) is 3.14. The Morgan fingerprint density at radius 2 is 2.22 bits per heavy atom. The number of benzene rings is 1. The Kier molecular flexibility index (Phi) is 5.28. The number of amides is 1. The van der Waals surface area contributed by atoms with Crippen LogP contribution in [0, 0.1) is 5.82 Å². The summed E-state index contributed by atoms with van der Waals surface area (Å²) in [5, 5.41) is 4.01. The van der Waals surface area contributed by atoms with Crippen molar-refractivity contribution in [2.75, 3.05) is 10.3 Å². The van der Waals surface area contributed by atoms with Crippen LogP contribution >= 0.6 is 11.3 Å². The van der Waals surface area contributed by atoms with Gasteiger partial charge in [-0.3, -0.25) is 9.80 Å². The third-order valence-corrected chi connectivity index (χ3v) is 4.78. The van der Waals surface area contributed by atoms with Gasteiger partial charge in [0, 0.05) is 12.1 Å². The Morgan fingerprint density at radius 1 is 1.44 bits per heavy atom. The number of primary amides is 1. The number of pyridine rings is 1. The van der Waals surface area contributed by atoms with Crippen LogP contribution in [0.4, 0.5) is 21.7 Å². The first-order valence-electron chi connectivity index (χ1n) is 7.99. The number of anilines is 3. The summed E-state index contributed by atoms with van der Waals surface area (Å²) in [6.45, 7) is 1.65. The third-order valence-electron chi connectivity index (χ3n) is 3.97. The predicted octanol–water partition coefficient (Wildman–Crippen LogP) is 2.33. The van der Waals surface area contributed by atoms with Gasteiger partial charge in [-0.2, -0.15) is 0 Å². The van der Waals surface area contributed by atoms with Crippen molar-refractivity contribution in [2.24, 2.45) is 11.6 Å². The zero-order chi connectivity index (χ0) is 19.6. The highest BCUT2D eigenvalue weighted by Gasteiger charge is 2.21. The van der Waals surface area contributed by atoms with Crippen molar-refractivity contribution < 1.29 is 14.0 Å². The predicted molar refractivity (Wildman–Crippen MR) is 102 cm³/mol. The first kappa shape index (κ1) is 18.7. The number of rotatable bonds is 7. The summed E-state index contributed by atoms with van der Waals surface area (Å²) in [7, 11) is 0. The number of nitrogens with zero attached hydrogens (tertiary/aromatic N) is 3. The van der Waals surface area contributed by atoms with Crippen LogP contribution in [-0.4, -0.2) is 28.2 Å². The van der Waals surface area contributed by atoms with Gasteiger partial charge in [-0.25, -0.2) is 20.2 Å². The molecule has 1 aromatic carbocycles. The van der Waals surface area contributed by atoms with Crippen molar-refractivity contribution in [3.63, 3.8) is 0 Å². The number of aldehydes is 1. The van der Waals surface area contributed by atoms with E-state index in [1.54, 1.807) is 24.6 Å². The number of halogens is 1. The molecule has 140 valence electrons. The zero-order valence-electron chi connectivity index (χ0n) is 14.3. The Morgan fingerprint density at radius 3 is 2.93 bits per heavy atom. The van der Waals surface area contributed by atoms with Gasteiger partial charge in [0.15, 0.2) is 11.6 Å². The van der Waals surface area contributed by atoms with E-state index in [9.17, 15) is 14.0 Å². The average molecular weight is 388 g/mol. The summed E-state index contributed by atoms with van der Waals surface area (Å²) in [5.74, 6) is 4.10. The standard InChI is InChI=1S/C17H17FN6O2S/c1-9(4-5-25)24(20)17-12(18)7-11(15(19)26)16(23-17)22-10-2-3-14-13(6-10)21-8-27-14/h2-3,5-9H,4,20H2,1H3,(H2,19,26)(H,22,23)/t9-/m1/s1. The van der Waals surface area contributed by atoms with E-state index in [2.05, 4.69) is 15.3 Å². The summed E-state index contributed by atoms with van der Waals surface area (Å²) in [5.41, 5.74) is 8.33. The van der Waals surface area contributed by atoms with Crippen molar-refractivity contribution in [2.45, 2.75) is 19.4 Å². The minimum Gasteiger partial charge on any atom is -0.365 e. The molecule has 0 unspecified atom stereocenters. The monoisotopic (exact) mass is 388 g/mol. The quantitative estimate of drug-likeness (QED) is 0.322. The maximum absolute atomic E-state index is 14.4. The molecule has 0 spiro atoms. The van der Waals surface area contributed by atoms with Gasteiger partial charge in [-0.15, -0.1) is 11.3 Å². The van der Waals surface area contributed by atoms with E-state index in [0.29, 0.717) is 12.0 Å². The minimum absolute atomic E-state index is 0.0576. The Bertz CT molecular complexity index is 1010. The fourth-order valence-electron chi connectivity index (χ4n) is 2.48. The van der Waals surface area contributed by atoms with Gasteiger partial charge in [-0.05, 0) is 31.2 Å². The summed E-state index contributed by atoms with van der Waals surface area (Å²) < 4.78 is 15.4. The van der Waals surface area contributed by atoms with Crippen molar-refractivity contribution in [3.05, 3.63) is 41.2 Å². The Balaban J connectivity index is 2.02. The van der Waals surface area contributed by atoms with E-state index < -0.39 is 17.8 Å². The van der Waals surface area contributed by atoms with Crippen LogP contribution in [0.1, 0.15) is 23.7 Å². The van der Waals surface area contributed by atoms with Gasteiger partial charge in [-0.1, -0.05) is 0 Å². The van der Waals surface area contributed by atoms with E-state index in [4.69, 9.17) is 11.6 Å². The number of carbonyl (C=O) groups excluding carboxylic acids is 2. The maximum atomic E-state index is 14.4. The lowest BCUT2D eigenvalue weighted by Gasteiger charge is -2.25. The molecule has 0 fully saturated rings. The van der Waals surface area contributed by atoms with E-state index in [0.717, 1.165) is 21.3 Å². The molecule has 0 saturated heterocycles. The van der Waals surface area contributed by atoms with E-state index >= 15 is 0 Å². The lowest BCUT2D eigenvalue weighted by Crippen LogP contribution is -2.41. The van der Waals surface area contributed by atoms with Crippen LogP contribution in [0.2, 0.25) is 0 Å². The van der Waals surface area contributed by atoms with Crippen molar-refractivity contribution >= 4 is 51.1 Å². The van der Waals surface area contributed by atoms with Crippen LogP contribution in [0.15, 0.2) is 29.8 Å². The number of fused-ring (bicyclic) bond motifs is 1. The van der Waals surface area contributed by atoms with Crippen LogP contribution in [0.3, 0.4) is 0 Å². The number of nitrogens with one attached hydrogen (secondary N) is 1. The molecule has 1 atom stereocenters. The Labute approximate surface area is 158 Å². The molecule has 3 aromatic rings. The number of hydrazine groups is 1. The molecular formula is C17H17FN6O2S. The van der Waals surface area contributed by atoms with Crippen molar-refractivity contribution in [1.82, 2.24) is 9.97 Å². The summed E-state index contributed by atoms with van der Waals surface area (Å²) in [6.07, 6.45) is 0.779. The van der Waals surface area contributed by atoms with E-state index in [1.165, 1.54) is 11.3 Å². The van der Waals surface area contributed by atoms with E-state index in [-0.39, 0.29) is 23.6 Å². The molecule has 27 heavy (non-hydrogen) atoms. The van der Waals surface area contributed by atoms with Crippen molar-refractivity contribution in [1.29, 1.82) is 0 Å². The summed E-state index contributed by atoms with van der Waals surface area (Å²) >= 11 is 1.50. The molecule has 2 aromatic heterocycles. The van der Waals surface area contributed by atoms with Crippen LogP contribution < -0.4 is 21.9 Å². The first-order chi connectivity index (χ1) is 12.9. The highest BCUT2D eigenvalue weighted by Crippen LogP contribution is 2.28. The van der Waals surface area contributed by atoms with Gasteiger partial charge in [0.1, 0.15) is 12.1 Å². The molecule has 8 nitrogen and oxygen atoms in total. The molecule has 0 aliphatic heterocycles. The molecule has 0 bridgehead atoms. The zero-order valence-corrected chi connectivity index (χ0v) is 15.2. The van der Waals surface area contributed by atoms with Crippen LogP contribution in [0.5, 0.6) is 0 Å². The first-order valence-corrected chi connectivity index (χ1v) is 8.87. The topological polar surface area (TPSA) is 127 Å². The van der Waals surface area contributed by atoms with Gasteiger partial charge in [0.05, 0.1) is 27.3 Å². The normalized spacial score (nSPS) is 12.0. The second-order valence-electron chi connectivity index (χ2n) is 5.87. The van der Waals surface area contributed by atoms with E-state index in [1.807, 2.05) is 6.07 Å². The molecule has 0 aliphatic rings.